The molecule has 2 atom stereocenters. The first-order valence-corrected chi connectivity index (χ1v) is 12.8. The summed E-state index contributed by atoms with van der Waals surface area (Å²) in [4.78, 5) is 29.4. The van der Waals surface area contributed by atoms with Gasteiger partial charge in [0.1, 0.15) is 12.4 Å². The second-order valence-corrected chi connectivity index (χ2v) is 9.43. The maximum atomic E-state index is 13.4. The molecule has 5 rings (SSSR count). The fraction of sp³-hybridized carbons (Fsp3) is 0.152. The van der Waals surface area contributed by atoms with Gasteiger partial charge in [0.25, 0.3) is 0 Å². The van der Waals surface area contributed by atoms with Crippen LogP contribution in [0.5, 0.6) is 5.75 Å². The number of benzene rings is 4. The number of nitrogens with one attached hydrogen (secondary N) is 2. The van der Waals surface area contributed by atoms with Gasteiger partial charge in [-0.05, 0) is 42.7 Å². The third-order valence-corrected chi connectivity index (χ3v) is 6.78. The van der Waals surface area contributed by atoms with Gasteiger partial charge in [0.05, 0.1) is 12.0 Å². The van der Waals surface area contributed by atoms with Crippen LogP contribution in [0.25, 0.3) is 10.9 Å². The first-order chi connectivity index (χ1) is 18.6. The summed E-state index contributed by atoms with van der Waals surface area (Å²) in [5.41, 5.74) is 4.28. The molecule has 5 aromatic rings. The Morgan fingerprint density at radius 3 is 2.16 bits per heavy atom. The topological polar surface area (TPSA) is 71.2 Å². The molecule has 0 aliphatic heterocycles. The highest BCUT2D eigenvalue weighted by atomic mass is 16.5. The lowest BCUT2D eigenvalue weighted by molar-refractivity contribution is -0.123. The minimum absolute atomic E-state index is 0.0360. The molecule has 38 heavy (non-hydrogen) atoms. The van der Waals surface area contributed by atoms with E-state index in [9.17, 15) is 9.59 Å². The van der Waals surface area contributed by atoms with Crippen molar-refractivity contribution >= 4 is 22.6 Å². The zero-order valence-electron chi connectivity index (χ0n) is 21.3. The normalized spacial score (nSPS) is 12.6. The molecule has 0 aliphatic rings. The molecule has 0 aliphatic carbocycles. The molecule has 1 aromatic heterocycles. The van der Waals surface area contributed by atoms with Crippen LogP contribution >= 0.6 is 0 Å². The van der Waals surface area contributed by atoms with Crippen molar-refractivity contribution in [3.8, 4) is 5.75 Å². The molecule has 0 fully saturated rings. The molecule has 1 unspecified atom stereocenters. The fourth-order valence-corrected chi connectivity index (χ4v) is 4.59. The largest absolute Gasteiger partial charge is 0.491 e. The van der Waals surface area contributed by atoms with Gasteiger partial charge in [-0.3, -0.25) is 9.59 Å². The summed E-state index contributed by atoms with van der Waals surface area (Å²) < 4.78 is 6.04. The van der Waals surface area contributed by atoms with E-state index in [-0.39, 0.29) is 17.7 Å². The standard InChI is InChI=1S/C33H30N2O3/c1-23(24-16-18-26(19-17-24)32(36)25-10-4-2-5-11-25)33(37)35-28(22-38-29-12-6-3-7-13-29)20-27-21-34-31-15-9-8-14-30(27)31/h2-19,21,23,28,34H,20,22H2,1H3,(H,35,37)/t23?,28-/m0/s1. The van der Waals surface area contributed by atoms with E-state index in [0.717, 1.165) is 27.8 Å². The summed E-state index contributed by atoms with van der Waals surface area (Å²) in [6, 6.07) is 34.0. The number of rotatable bonds is 10. The Bertz CT molecular complexity index is 1510. The molecule has 1 heterocycles. The van der Waals surface area contributed by atoms with E-state index >= 15 is 0 Å². The monoisotopic (exact) mass is 502 g/mol. The molecule has 0 saturated carbocycles. The van der Waals surface area contributed by atoms with Crippen molar-refractivity contribution in [2.75, 3.05) is 6.61 Å². The number of ether oxygens (including phenoxy) is 1. The summed E-state index contributed by atoms with van der Waals surface area (Å²) in [5.74, 6) is 0.246. The third kappa shape index (κ3) is 5.84. The fourth-order valence-electron chi connectivity index (χ4n) is 4.59. The molecular weight excluding hydrogens is 472 g/mol. The van der Waals surface area contributed by atoms with E-state index in [1.165, 1.54) is 0 Å². The van der Waals surface area contributed by atoms with Crippen LogP contribution in [-0.4, -0.2) is 29.3 Å². The summed E-state index contributed by atoms with van der Waals surface area (Å²) in [6.45, 7) is 2.22. The van der Waals surface area contributed by atoms with Crippen molar-refractivity contribution in [3.05, 3.63) is 138 Å². The number of H-pyrrole nitrogens is 1. The number of aromatic amines is 1. The minimum atomic E-state index is -0.391. The Morgan fingerprint density at radius 2 is 1.42 bits per heavy atom. The van der Waals surface area contributed by atoms with Gasteiger partial charge in [-0.2, -0.15) is 0 Å². The number of carbonyl (C=O) groups is 2. The second-order valence-electron chi connectivity index (χ2n) is 9.43. The molecule has 4 aromatic carbocycles. The van der Waals surface area contributed by atoms with Crippen molar-refractivity contribution in [2.24, 2.45) is 0 Å². The lowest BCUT2D eigenvalue weighted by atomic mass is 9.96. The second kappa shape index (κ2) is 11.6. The van der Waals surface area contributed by atoms with Crippen molar-refractivity contribution in [1.29, 1.82) is 0 Å². The number of amides is 1. The molecule has 5 heteroatoms. The maximum Gasteiger partial charge on any atom is 0.227 e. The average Bonchev–Trinajstić information content (AvgIpc) is 3.39. The van der Waals surface area contributed by atoms with Crippen LogP contribution in [0.4, 0.5) is 0 Å². The van der Waals surface area contributed by atoms with Crippen LogP contribution in [-0.2, 0) is 11.2 Å². The number of hydrogen-bond acceptors (Lipinski definition) is 3. The number of fused-ring (bicyclic) bond motifs is 1. The lowest BCUT2D eigenvalue weighted by Crippen LogP contribution is -2.42. The van der Waals surface area contributed by atoms with E-state index in [4.69, 9.17) is 4.74 Å². The van der Waals surface area contributed by atoms with Crippen LogP contribution < -0.4 is 10.1 Å². The van der Waals surface area contributed by atoms with Crippen molar-refractivity contribution in [2.45, 2.75) is 25.3 Å². The number of ketones is 1. The Hall–Kier alpha value is -4.64. The van der Waals surface area contributed by atoms with Crippen molar-refractivity contribution in [1.82, 2.24) is 10.3 Å². The molecular formula is C33H30N2O3. The molecule has 0 saturated heterocycles. The zero-order chi connectivity index (χ0) is 26.3. The van der Waals surface area contributed by atoms with Crippen LogP contribution in [0.3, 0.4) is 0 Å². The lowest BCUT2D eigenvalue weighted by Gasteiger charge is -2.22. The Morgan fingerprint density at radius 1 is 0.789 bits per heavy atom. The first kappa shape index (κ1) is 25.0. The van der Waals surface area contributed by atoms with Crippen molar-refractivity contribution in [3.63, 3.8) is 0 Å². The van der Waals surface area contributed by atoms with Crippen LogP contribution in [0.1, 0.15) is 39.9 Å². The van der Waals surface area contributed by atoms with Gasteiger partial charge in [-0.1, -0.05) is 91.0 Å². The quantitative estimate of drug-likeness (QED) is 0.220. The maximum absolute atomic E-state index is 13.4. The molecule has 0 bridgehead atoms. The van der Waals surface area contributed by atoms with Gasteiger partial charge < -0.3 is 15.0 Å². The zero-order valence-corrected chi connectivity index (χ0v) is 21.3. The third-order valence-electron chi connectivity index (χ3n) is 6.78. The number of aromatic nitrogens is 1. The summed E-state index contributed by atoms with van der Waals surface area (Å²) in [5, 5.41) is 4.34. The number of hydrogen-bond donors (Lipinski definition) is 2. The van der Waals surface area contributed by atoms with Gasteiger partial charge in [-0.15, -0.1) is 0 Å². The summed E-state index contributed by atoms with van der Waals surface area (Å²) in [6.07, 6.45) is 2.62. The van der Waals surface area contributed by atoms with Gasteiger partial charge in [0.2, 0.25) is 5.91 Å². The number of para-hydroxylation sites is 2. The Kier molecular flexibility index (Phi) is 7.65. The number of carbonyl (C=O) groups excluding carboxylic acids is 2. The van der Waals surface area contributed by atoms with Gasteiger partial charge >= 0.3 is 0 Å². The summed E-state index contributed by atoms with van der Waals surface area (Å²) in [7, 11) is 0. The molecule has 1 amide bonds. The van der Waals surface area contributed by atoms with E-state index in [1.807, 2.05) is 92.0 Å². The van der Waals surface area contributed by atoms with Crippen LogP contribution in [0, 0.1) is 0 Å². The average molecular weight is 503 g/mol. The Labute approximate surface area is 222 Å². The predicted molar refractivity (Wildman–Crippen MR) is 151 cm³/mol. The van der Waals surface area contributed by atoms with Gasteiger partial charge in [-0.25, -0.2) is 0 Å². The summed E-state index contributed by atoms with van der Waals surface area (Å²) >= 11 is 0. The van der Waals surface area contributed by atoms with Crippen molar-refractivity contribution < 1.29 is 14.3 Å². The molecule has 5 nitrogen and oxygen atoms in total. The predicted octanol–water partition coefficient (Wildman–Crippen LogP) is 6.31. The van der Waals surface area contributed by atoms with E-state index < -0.39 is 5.92 Å². The minimum Gasteiger partial charge on any atom is -0.491 e. The first-order valence-electron chi connectivity index (χ1n) is 12.8. The smallest absolute Gasteiger partial charge is 0.227 e. The molecule has 190 valence electrons. The van der Waals surface area contributed by atoms with E-state index in [2.05, 4.69) is 16.4 Å². The molecule has 2 N–H and O–H groups in total. The Balaban J connectivity index is 1.29. The van der Waals surface area contributed by atoms with Crippen LogP contribution in [0.15, 0.2) is 115 Å². The highest BCUT2D eigenvalue weighted by Crippen LogP contribution is 2.22. The van der Waals surface area contributed by atoms with E-state index in [0.29, 0.717) is 24.2 Å². The molecule has 0 radical (unpaired) electrons. The molecule has 0 spiro atoms. The highest BCUT2D eigenvalue weighted by molar-refractivity contribution is 6.09. The highest BCUT2D eigenvalue weighted by Gasteiger charge is 2.22. The van der Waals surface area contributed by atoms with Gasteiger partial charge in [0.15, 0.2) is 5.78 Å². The van der Waals surface area contributed by atoms with Crippen LogP contribution in [0.2, 0.25) is 0 Å². The SMILES string of the molecule is CC(C(=O)N[C@H](COc1ccccc1)Cc1c[nH]c2ccccc12)c1ccc(C(=O)c2ccccc2)cc1. The van der Waals surface area contributed by atoms with Gasteiger partial charge in [0, 0.05) is 28.2 Å². The van der Waals surface area contributed by atoms with E-state index in [1.54, 1.807) is 24.3 Å².